The fourth-order valence-corrected chi connectivity index (χ4v) is 4.49. The molecular formula is C25H19BrFNO4S. The Morgan fingerprint density at radius 2 is 1.70 bits per heavy atom. The number of nitrogens with zero attached hydrogens (tertiary/aromatic N) is 1. The molecule has 3 aromatic carbocycles. The van der Waals surface area contributed by atoms with Gasteiger partial charge in [-0.1, -0.05) is 52.3 Å². The highest BCUT2D eigenvalue weighted by molar-refractivity contribution is 9.10. The van der Waals surface area contributed by atoms with Crippen LogP contribution in [-0.4, -0.2) is 17.8 Å². The lowest BCUT2D eigenvalue weighted by Crippen LogP contribution is -2.27. The van der Waals surface area contributed by atoms with Crippen LogP contribution in [0.25, 0.3) is 6.08 Å². The Labute approximate surface area is 203 Å². The van der Waals surface area contributed by atoms with Gasteiger partial charge < -0.3 is 9.47 Å². The number of benzene rings is 3. The number of rotatable bonds is 7. The molecule has 0 aliphatic carbocycles. The minimum Gasteiger partial charge on any atom is -0.490 e. The van der Waals surface area contributed by atoms with E-state index < -0.39 is 0 Å². The quantitative estimate of drug-likeness (QED) is 0.316. The Balaban J connectivity index is 1.61. The number of para-hydroxylation sites is 1. The molecule has 0 saturated carbocycles. The fourth-order valence-electron chi connectivity index (χ4n) is 3.22. The molecule has 0 atom stereocenters. The monoisotopic (exact) mass is 527 g/mol. The molecule has 2 amide bonds. The highest BCUT2D eigenvalue weighted by Crippen LogP contribution is 2.39. The molecule has 8 heteroatoms. The molecule has 0 N–H and O–H groups in total. The molecule has 0 spiro atoms. The molecule has 3 aromatic rings. The maximum absolute atomic E-state index is 13.9. The van der Waals surface area contributed by atoms with Gasteiger partial charge in [-0.3, -0.25) is 9.59 Å². The van der Waals surface area contributed by atoms with Crippen molar-refractivity contribution in [2.24, 2.45) is 0 Å². The topological polar surface area (TPSA) is 55.8 Å². The van der Waals surface area contributed by atoms with Crippen molar-refractivity contribution in [3.8, 4) is 11.5 Å². The van der Waals surface area contributed by atoms with Gasteiger partial charge in [0, 0.05) is 10.0 Å². The van der Waals surface area contributed by atoms with Gasteiger partial charge in [-0.2, -0.15) is 0 Å². The van der Waals surface area contributed by atoms with E-state index >= 15 is 0 Å². The van der Waals surface area contributed by atoms with E-state index in [1.165, 1.54) is 6.07 Å². The van der Waals surface area contributed by atoms with Crippen LogP contribution in [-0.2, 0) is 11.4 Å². The molecule has 1 aliphatic rings. The van der Waals surface area contributed by atoms with E-state index in [9.17, 15) is 14.0 Å². The zero-order chi connectivity index (χ0) is 23.4. The predicted octanol–water partition coefficient (Wildman–Crippen LogP) is 6.81. The average molecular weight is 528 g/mol. The average Bonchev–Trinajstić information content (AvgIpc) is 3.09. The molecule has 168 valence electrons. The van der Waals surface area contributed by atoms with Crippen molar-refractivity contribution >= 4 is 50.6 Å². The van der Waals surface area contributed by atoms with Gasteiger partial charge in [0.25, 0.3) is 11.1 Å². The summed E-state index contributed by atoms with van der Waals surface area (Å²) in [5.74, 6) is 0.147. The van der Waals surface area contributed by atoms with Crippen LogP contribution >= 0.6 is 27.7 Å². The lowest BCUT2D eigenvalue weighted by molar-refractivity contribution is -0.113. The molecule has 0 aromatic heterocycles. The molecular weight excluding hydrogens is 509 g/mol. The smallest absolute Gasteiger partial charge is 0.298 e. The van der Waals surface area contributed by atoms with Crippen molar-refractivity contribution in [1.29, 1.82) is 0 Å². The van der Waals surface area contributed by atoms with Crippen LogP contribution in [0.1, 0.15) is 18.1 Å². The number of imide groups is 1. The molecule has 1 saturated heterocycles. The van der Waals surface area contributed by atoms with Gasteiger partial charge in [0.15, 0.2) is 11.5 Å². The first-order valence-corrected chi connectivity index (χ1v) is 11.7. The highest BCUT2D eigenvalue weighted by Gasteiger charge is 2.36. The molecule has 1 heterocycles. The minimum absolute atomic E-state index is 0.0362. The Bertz CT molecular complexity index is 1230. The molecule has 5 nitrogen and oxygen atoms in total. The number of hydrogen-bond acceptors (Lipinski definition) is 5. The van der Waals surface area contributed by atoms with Gasteiger partial charge >= 0.3 is 0 Å². The number of carbonyl (C=O) groups is 2. The number of halogens is 2. The Morgan fingerprint density at radius 3 is 2.42 bits per heavy atom. The summed E-state index contributed by atoms with van der Waals surface area (Å²) in [5.41, 5.74) is 1.60. The van der Waals surface area contributed by atoms with Gasteiger partial charge in [-0.15, -0.1) is 0 Å². The van der Waals surface area contributed by atoms with E-state index in [0.717, 1.165) is 16.7 Å². The lowest BCUT2D eigenvalue weighted by Gasteiger charge is -2.14. The number of ether oxygens (including phenoxy) is 2. The van der Waals surface area contributed by atoms with Crippen molar-refractivity contribution in [2.45, 2.75) is 13.5 Å². The van der Waals surface area contributed by atoms with Crippen LogP contribution in [0.3, 0.4) is 0 Å². The first kappa shape index (κ1) is 23.1. The first-order chi connectivity index (χ1) is 16.0. The molecule has 4 rings (SSSR count). The first-order valence-electron chi connectivity index (χ1n) is 10.1. The van der Waals surface area contributed by atoms with E-state index in [2.05, 4.69) is 15.9 Å². The maximum Gasteiger partial charge on any atom is 0.298 e. The third-order valence-electron chi connectivity index (χ3n) is 4.80. The van der Waals surface area contributed by atoms with Gasteiger partial charge in [-0.05, 0) is 60.7 Å². The van der Waals surface area contributed by atoms with Crippen LogP contribution in [0.5, 0.6) is 11.5 Å². The minimum atomic E-state index is -0.388. The summed E-state index contributed by atoms with van der Waals surface area (Å²) in [6, 6.07) is 18.6. The summed E-state index contributed by atoms with van der Waals surface area (Å²) in [5, 5.41) is -0.358. The molecule has 1 aliphatic heterocycles. The third-order valence-corrected chi connectivity index (χ3v) is 6.35. The third kappa shape index (κ3) is 5.12. The second-order valence-corrected chi connectivity index (χ2v) is 8.83. The van der Waals surface area contributed by atoms with Crippen LogP contribution in [0, 0.1) is 5.82 Å². The molecule has 33 heavy (non-hydrogen) atoms. The standard InChI is InChI=1S/C25H19BrFNO4S/c1-2-31-21-12-17(19(26)14-22(21)32-15-16-8-6-7-11-20(16)27)13-23-24(29)28(25(30)33-23)18-9-4-3-5-10-18/h3-14H,2,15H2,1H3/b23-13-. The summed E-state index contributed by atoms with van der Waals surface area (Å²) in [7, 11) is 0. The molecule has 0 radical (unpaired) electrons. The normalized spacial score (nSPS) is 14.8. The summed E-state index contributed by atoms with van der Waals surface area (Å²) in [6.45, 7) is 2.27. The summed E-state index contributed by atoms with van der Waals surface area (Å²) >= 11 is 4.38. The Kier molecular flexibility index (Phi) is 7.15. The van der Waals surface area contributed by atoms with E-state index in [-0.39, 0.29) is 23.6 Å². The van der Waals surface area contributed by atoms with Crippen LogP contribution in [0.15, 0.2) is 76.1 Å². The van der Waals surface area contributed by atoms with Crippen molar-refractivity contribution in [3.05, 3.63) is 93.1 Å². The SMILES string of the molecule is CCOc1cc(/C=C2\SC(=O)N(c3ccccc3)C2=O)c(Br)cc1OCc1ccccc1F. The lowest BCUT2D eigenvalue weighted by atomic mass is 10.1. The highest BCUT2D eigenvalue weighted by atomic mass is 79.9. The number of hydrogen-bond donors (Lipinski definition) is 0. The summed E-state index contributed by atoms with van der Waals surface area (Å²) in [6.07, 6.45) is 1.64. The van der Waals surface area contributed by atoms with E-state index in [1.54, 1.807) is 60.7 Å². The van der Waals surface area contributed by atoms with Crippen molar-refractivity contribution < 1.29 is 23.5 Å². The van der Waals surface area contributed by atoms with Gasteiger partial charge in [0.05, 0.1) is 17.2 Å². The predicted molar refractivity (Wildman–Crippen MR) is 131 cm³/mol. The number of amides is 2. The molecule has 0 unspecified atom stereocenters. The molecule has 1 fully saturated rings. The number of anilines is 1. The van der Waals surface area contributed by atoms with Crippen molar-refractivity contribution in [3.63, 3.8) is 0 Å². The molecule has 0 bridgehead atoms. The van der Waals surface area contributed by atoms with Crippen LogP contribution in [0.4, 0.5) is 14.9 Å². The van der Waals surface area contributed by atoms with E-state index in [1.807, 2.05) is 13.0 Å². The Hall–Kier alpha value is -3.10. The second-order valence-electron chi connectivity index (χ2n) is 6.99. The number of carbonyl (C=O) groups excluding carboxylic acids is 2. The summed E-state index contributed by atoms with van der Waals surface area (Å²) in [4.78, 5) is 26.8. The largest absolute Gasteiger partial charge is 0.490 e. The van der Waals surface area contributed by atoms with Crippen molar-refractivity contribution in [1.82, 2.24) is 0 Å². The second kappa shape index (κ2) is 10.2. The zero-order valence-electron chi connectivity index (χ0n) is 17.6. The maximum atomic E-state index is 13.9. The van der Waals surface area contributed by atoms with E-state index in [0.29, 0.717) is 44.3 Å². The Morgan fingerprint density at radius 1 is 1.00 bits per heavy atom. The zero-order valence-corrected chi connectivity index (χ0v) is 20.0. The van der Waals surface area contributed by atoms with Gasteiger partial charge in [0.1, 0.15) is 12.4 Å². The van der Waals surface area contributed by atoms with Crippen molar-refractivity contribution in [2.75, 3.05) is 11.5 Å². The van der Waals surface area contributed by atoms with Gasteiger partial charge in [-0.25, -0.2) is 9.29 Å². The fraction of sp³-hybridized carbons (Fsp3) is 0.120. The summed E-state index contributed by atoms with van der Waals surface area (Å²) < 4.78 is 26.1. The van der Waals surface area contributed by atoms with Crippen LogP contribution in [0.2, 0.25) is 0 Å². The van der Waals surface area contributed by atoms with Crippen LogP contribution < -0.4 is 14.4 Å². The van der Waals surface area contributed by atoms with Gasteiger partial charge in [0.2, 0.25) is 0 Å². The van der Waals surface area contributed by atoms with E-state index in [4.69, 9.17) is 9.47 Å². The number of thioether (sulfide) groups is 1.